The SMILES string of the molecule is O=C(Nc1ccc(C(=O)NC2CCCC2)cc1)c1cccc(NC(=O)c2cccs2)c1. The van der Waals surface area contributed by atoms with Crippen molar-refractivity contribution in [3.63, 3.8) is 0 Å². The summed E-state index contributed by atoms with van der Waals surface area (Å²) in [5.41, 5.74) is 2.13. The summed E-state index contributed by atoms with van der Waals surface area (Å²) in [4.78, 5) is 37.8. The van der Waals surface area contributed by atoms with Gasteiger partial charge in [-0.25, -0.2) is 0 Å². The van der Waals surface area contributed by atoms with E-state index in [4.69, 9.17) is 0 Å². The molecule has 31 heavy (non-hydrogen) atoms. The summed E-state index contributed by atoms with van der Waals surface area (Å²) in [5.74, 6) is -0.589. The number of thiophene rings is 1. The number of hydrogen-bond acceptors (Lipinski definition) is 4. The van der Waals surface area contributed by atoms with E-state index in [0.717, 1.165) is 25.7 Å². The number of benzene rings is 2. The van der Waals surface area contributed by atoms with Crippen LogP contribution in [-0.4, -0.2) is 23.8 Å². The molecule has 0 atom stereocenters. The second-order valence-electron chi connectivity index (χ2n) is 7.50. The number of nitrogens with one attached hydrogen (secondary N) is 3. The van der Waals surface area contributed by atoms with Gasteiger partial charge in [0.15, 0.2) is 0 Å². The molecule has 1 aliphatic rings. The van der Waals surface area contributed by atoms with Crippen molar-refractivity contribution in [3.05, 3.63) is 82.0 Å². The van der Waals surface area contributed by atoms with Gasteiger partial charge in [-0.05, 0) is 66.8 Å². The summed E-state index contributed by atoms with van der Waals surface area (Å²) in [5, 5.41) is 10.5. The molecule has 2 aromatic carbocycles. The van der Waals surface area contributed by atoms with Crippen LogP contribution in [0.25, 0.3) is 0 Å². The highest BCUT2D eigenvalue weighted by Gasteiger charge is 2.18. The van der Waals surface area contributed by atoms with Gasteiger partial charge in [0.25, 0.3) is 17.7 Å². The predicted molar refractivity (Wildman–Crippen MR) is 123 cm³/mol. The Hall–Kier alpha value is -3.45. The standard InChI is InChI=1S/C24H23N3O3S/c28-22(25-18-6-1-2-7-18)16-10-12-19(13-11-16)26-23(29)17-5-3-8-20(15-17)27-24(30)21-9-4-14-31-21/h3-5,8-15,18H,1-2,6-7H2,(H,25,28)(H,26,29)(H,27,30). The minimum Gasteiger partial charge on any atom is -0.349 e. The molecule has 0 bridgehead atoms. The molecule has 1 heterocycles. The van der Waals surface area contributed by atoms with E-state index in [2.05, 4.69) is 16.0 Å². The molecule has 0 radical (unpaired) electrons. The third-order valence-electron chi connectivity index (χ3n) is 5.22. The van der Waals surface area contributed by atoms with Crippen molar-refractivity contribution >= 4 is 40.4 Å². The van der Waals surface area contributed by atoms with E-state index >= 15 is 0 Å². The molecule has 158 valence electrons. The highest BCUT2D eigenvalue weighted by atomic mass is 32.1. The maximum absolute atomic E-state index is 12.6. The predicted octanol–water partition coefficient (Wildman–Crippen LogP) is 4.93. The Morgan fingerprint density at radius 1 is 0.742 bits per heavy atom. The van der Waals surface area contributed by atoms with E-state index in [0.29, 0.717) is 27.4 Å². The van der Waals surface area contributed by atoms with Crippen molar-refractivity contribution in [2.24, 2.45) is 0 Å². The third-order valence-corrected chi connectivity index (χ3v) is 6.09. The van der Waals surface area contributed by atoms with Crippen molar-refractivity contribution in [3.8, 4) is 0 Å². The average molecular weight is 434 g/mol. The lowest BCUT2D eigenvalue weighted by atomic mass is 10.1. The van der Waals surface area contributed by atoms with Gasteiger partial charge in [-0.15, -0.1) is 11.3 Å². The highest BCUT2D eigenvalue weighted by Crippen LogP contribution is 2.19. The quantitative estimate of drug-likeness (QED) is 0.515. The molecule has 3 aromatic rings. The molecule has 1 fully saturated rings. The first kappa shape index (κ1) is 20.8. The number of amides is 3. The van der Waals surface area contributed by atoms with Crippen LogP contribution in [0.2, 0.25) is 0 Å². The van der Waals surface area contributed by atoms with Gasteiger partial charge >= 0.3 is 0 Å². The number of hydrogen-bond donors (Lipinski definition) is 3. The summed E-state index contributed by atoms with van der Waals surface area (Å²) in [6.07, 6.45) is 4.39. The van der Waals surface area contributed by atoms with Gasteiger partial charge in [0.05, 0.1) is 4.88 Å². The normalized spacial score (nSPS) is 13.5. The Labute approximate surface area is 184 Å². The van der Waals surface area contributed by atoms with Crippen LogP contribution in [0.4, 0.5) is 11.4 Å². The van der Waals surface area contributed by atoms with Crippen LogP contribution in [0.5, 0.6) is 0 Å². The Morgan fingerprint density at radius 2 is 1.48 bits per heavy atom. The minimum absolute atomic E-state index is 0.0843. The number of rotatable bonds is 6. The van der Waals surface area contributed by atoms with E-state index in [1.807, 2.05) is 11.4 Å². The maximum Gasteiger partial charge on any atom is 0.265 e. The Bertz CT molecular complexity index is 1070. The second-order valence-corrected chi connectivity index (χ2v) is 8.45. The number of carbonyl (C=O) groups is 3. The maximum atomic E-state index is 12.6. The first-order valence-electron chi connectivity index (χ1n) is 10.3. The van der Waals surface area contributed by atoms with E-state index in [1.54, 1.807) is 54.6 Å². The number of carbonyl (C=O) groups excluding carboxylic acids is 3. The van der Waals surface area contributed by atoms with E-state index in [1.165, 1.54) is 11.3 Å². The van der Waals surface area contributed by atoms with Crippen LogP contribution in [-0.2, 0) is 0 Å². The van der Waals surface area contributed by atoms with Crippen molar-refractivity contribution in [2.75, 3.05) is 10.6 Å². The smallest absolute Gasteiger partial charge is 0.265 e. The van der Waals surface area contributed by atoms with Crippen LogP contribution < -0.4 is 16.0 Å². The topological polar surface area (TPSA) is 87.3 Å². The molecule has 4 rings (SSSR count). The Kier molecular flexibility index (Phi) is 6.43. The van der Waals surface area contributed by atoms with Gasteiger partial charge in [0, 0.05) is 28.5 Å². The Balaban J connectivity index is 1.36. The summed E-state index contributed by atoms with van der Waals surface area (Å²) >= 11 is 1.35. The fraction of sp³-hybridized carbons (Fsp3) is 0.208. The minimum atomic E-state index is -0.296. The fourth-order valence-electron chi connectivity index (χ4n) is 3.59. The van der Waals surface area contributed by atoms with Gasteiger partial charge in [0.2, 0.25) is 0 Å². The molecular formula is C24H23N3O3S. The van der Waals surface area contributed by atoms with E-state index in [-0.39, 0.29) is 23.8 Å². The molecule has 0 unspecified atom stereocenters. The molecule has 6 nitrogen and oxygen atoms in total. The molecule has 3 amide bonds. The molecule has 7 heteroatoms. The monoisotopic (exact) mass is 433 g/mol. The third kappa shape index (κ3) is 5.38. The molecule has 0 aliphatic heterocycles. The zero-order valence-corrected chi connectivity index (χ0v) is 17.7. The van der Waals surface area contributed by atoms with Gasteiger partial charge in [-0.2, -0.15) is 0 Å². The fourth-order valence-corrected chi connectivity index (χ4v) is 4.20. The highest BCUT2D eigenvalue weighted by molar-refractivity contribution is 7.12. The first-order valence-corrected chi connectivity index (χ1v) is 11.1. The van der Waals surface area contributed by atoms with Crippen molar-refractivity contribution in [2.45, 2.75) is 31.7 Å². The van der Waals surface area contributed by atoms with Crippen LogP contribution in [0.15, 0.2) is 66.0 Å². The van der Waals surface area contributed by atoms with Crippen molar-refractivity contribution < 1.29 is 14.4 Å². The Morgan fingerprint density at radius 3 is 2.19 bits per heavy atom. The molecule has 1 saturated carbocycles. The van der Waals surface area contributed by atoms with E-state index < -0.39 is 0 Å². The zero-order chi connectivity index (χ0) is 21.6. The summed E-state index contributed by atoms with van der Waals surface area (Å²) in [6.45, 7) is 0. The van der Waals surface area contributed by atoms with Crippen molar-refractivity contribution in [1.29, 1.82) is 0 Å². The molecule has 1 aliphatic carbocycles. The summed E-state index contributed by atoms with van der Waals surface area (Å²) < 4.78 is 0. The van der Waals surface area contributed by atoms with Crippen LogP contribution in [0.3, 0.4) is 0 Å². The molecular weight excluding hydrogens is 410 g/mol. The van der Waals surface area contributed by atoms with Crippen LogP contribution in [0.1, 0.15) is 56.1 Å². The number of anilines is 2. The van der Waals surface area contributed by atoms with Crippen LogP contribution >= 0.6 is 11.3 Å². The average Bonchev–Trinajstić information content (AvgIpc) is 3.49. The molecule has 0 saturated heterocycles. The molecule has 1 aromatic heterocycles. The van der Waals surface area contributed by atoms with Crippen molar-refractivity contribution in [1.82, 2.24) is 5.32 Å². The van der Waals surface area contributed by atoms with Gasteiger partial charge in [-0.1, -0.05) is 25.0 Å². The van der Waals surface area contributed by atoms with Gasteiger partial charge in [0.1, 0.15) is 0 Å². The van der Waals surface area contributed by atoms with Gasteiger partial charge in [-0.3, -0.25) is 14.4 Å². The van der Waals surface area contributed by atoms with Crippen LogP contribution in [0, 0.1) is 0 Å². The first-order chi connectivity index (χ1) is 15.1. The lowest BCUT2D eigenvalue weighted by Gasteiger charge is -2.12. The summed E-state index contributed by atoms with van der Waals surface area (Å²) in [7, 11) is 0. The molecule has 0 spiro atoms. The van der Waals surface area contributed by atoms with E-state index in [9.17, 15) is 14.4 Å². The summed E-state index contributed by atoms with van der Waals surface area (Å²) in [6, 6.07) is 17.4. The van der Waals surface area contributed by atoms with Gasteiger partial charge < -0.3 is 16.0 Å². The molecule has 3 N–H and O–H groups in total. The lowest BCUT2D eigenvalue weighted by molar-refractivity contribution is 0.0936. The zero-order valence-electron chi connectivity index (χ0n) is 16.9. The largest absolute Gasteiger partial charge is 0.349 e. The second kappa shape index (κ2) is 9.57. The lowest BCUT2D eigenvalue weighted by Crippen LogP contribution is -2.32.